The van der Waals surface area contributed by atoms with Gasteiger partial charge >= 0.3 is 0 Å². The summed E-state index contributed by atoms with van der Waals surface area (Å²) in [6.45, 7) is 2.32. The van der Waals surface area contributed by atoms with E-state index in [0.717, 1.165) is 28.8 Å². The lowest BCUT2D eigenvalue weighted by atomic mass is 9.87. The van der Waals surface area contributed by atoms with Gasteiger partial charge in [0.15, 0.2) is 11.5 Å². The minimum Gasteiger partial charge on any atom is -0.508 e. The Morgan fingerprint density at radius 2 is 1.96 bits per heavy atom. The lowest BCUT2D eigenvalue weighted by Gasteiger charge is -2.27. The van der Waals surface area contributed by atoms with Crippen LogP contribution in [0.25, 0.3) is 5.65 Å². The third kappa shape index (κ3) is 3.57. The van der Waals surface area contributed by atoms with E-state index in [1.807, 2.05) is 24.3 Å². The quantitative estimate of drug-likeness (QED) is 0.763. The second kappa shape index (κ2) is 6.70. The summed E-state index contributed by atoms with van der Waals surface area (Å²) in [5, 5.41) is 26.2. The van der Waals surface area contributed by atoms with Crippen LogP contribution in [0.5, 0.6) is 5.75 Å². The van der Waals surface area contributed by atoms with Gasteiger partial charge in [0.05, 0.1) is 0 Å². The molecule has 1 aromatic carbocycles. The highest BCUT2D eigenvalue weighted by Gasteiger charge is 2.19. The molecule has 130 valence electrons. The number of aromatic hydroxyl groups is 1. The second-order valence-electron chi connectivity index (χ2n) is 7.06. The van der Waals surface area contributed by atoms with Gasteiger partial charge in [0.2, 0.25) is 0 Å². The first-order valence-electron chi connectivity index (χ1n) is 8.93. The van der Waals surface area contributed by atoms with Crippen LogP contribution in [0, 0.1) is 5.92 Å². The van der Waals surface area contributed by atoms with Crippen molar-refractivity contribution in [3.8, 4) is 5.75 Å². The van der Waals surface area contributed by atoms with Crippen LogP contribution >= 0.6 is 0 Å². The van der Waals surface area contributed by atoms with Crippen LogP contribution in [0.15, 0.2) is 36.4 Å². The SMILES string of the molecule is CC1CCCC(Nc2ccc3nnc(Cc4ccc(O)cc4)n3n2)C1. The Labute approximate surface area is 146 Å². The van der Waals surface area contributed by atoms with E-state index in [4.69, 9.17) is 5.10 Å². The maximum Gasteiger partial charge on any atom is 0.178 e. The van der Waals surface area contributed by atoms with Crippen LogP contribution in [0.3, 0.4) is 0 Å². The zero-order chi connectivity index (χ0) is 17.2. The summed E-state index contributed by atoms with van der Waals surface area (Å²) < 4.78 is 1.81. The highest BCUT2D eigenvalue weighted by molar-refractivity contribution is 5.45. The predicted molar refractivity (Wildman–Crippen MR) is 96.7 cm³/mol. The highest BCUT2D eigenvalue weighted by atomic mass is 16.3. The molecule has 0 radical (unpaired) electrons. The van der Waals surface area contributed by atoms with Crippen molar-refractivity contribution in [1.82, 2.24) is 19.8 Å². The molecule has 1 fully saturated rings. The fourth-order valence-electron chi connectivity index (χ4n) is 3.59. The highest BCUT2D eigenvalue weighted by Crippen LogP contribution is 2.25. The molecule has 2 unspecified atom stereocenters. The Morgan fingerprint density at radius 1 is 1.12 bits per heavy atom. The first-order chi connectivity index (χ1) is 12.2. The van der Waals surface area contributed by atoms with Crippen molar-refractivity contribution < 1.29 is 5.11 Å². The van der Waals surface area contributed by atoms with E-state index in [-0.39, 0.29) is 5.75 Å². The van der Waals surface area contributed by atoms with Crippen molar-refractivity contribution >= 4 is 11.5 Å². The van der Waals surface area contributed by atoms with Gasteiger partial charge in [0, 0.05) is 12.5 Å². The van der Waals surface area contributed by atoms with Crippen molar-refractivity contribution in [2.75, 3.05) is 5.32 Å². The van der Waals surface area contributed by atoms with Crippen molar-refractivity contribution in [3.63, 3.8) is 0 Å². The molecule has 2 atom stereocenters. The number of fused-ring (bicyclic) bond motifs is 1. The molecule has 0 amide bonds. The molecule has 2 aromatic heterocycles. The standard InChI is InChI=1S/C19H23N5O/c1-13-3-2-4-15(11-13)20-17-9-10-18-21-22-19(24(18)23-17)12-14-5-7-16(25)8-6-14/h5-10,13,15,25H,2-4,11-12H2,1H3,(H,20,23). The number of nitrogens with one attached hydrogen (secondary N) is 1. The van der Waals surface area contributed by atoms with Gasteiger partial charge in [-0.3, -0.25) is 0 Å². The number of benzene rings is 1. The van der Waals surface area contributed by atoms with Crippen molar-refractivity contribution in [2.45, 2.75) is 45.1 Å². The van der Waals surface area contributed by atoms with Crippen LogP contribution in [0.1, 0.15) is 44.0 Å². The summed E-state index contributed by atoms with van der Waals surface area (Å²) in [7, 11) is 0. The Balaban J connectivity index is 1.55. The summed E-state index contributed by atoms with van der Waals surface area (Å²) in [5.74, 6) is 2.70. The van der Waals surface area contributed by atoms with Gasteiger partial charge in [-0.15, -0.1) is 15.3 Å². The van der Waals surface area contributed by atoms with Gasteiger partial charge in [0.1, 0.15) is 11.6 Å². The summed E-state index contributed by atoms with van der Waals surface area (Å²) in [6.07, 6.45) is 5.62. The van der Waals surface area contributed by atoms with Crippen LogP contribution in [-0.4, -0.2) is 31.0 Å². The molecule has 2 N–H and O–H groups in total. The van der Waals surface area contributed by atoms with Gasteiger partial charge in [-0.25, -0.2) is 0 Å². The lowest BCUT2D eigenvalue weighted by molar-refractivity contribution is 0.358. The van der Waals surface area contributed by atoms with E-state index in [9.17, 15) is 5.11 Å². The maximum absolute atomic E-state index is 9.41. The molecule has 4 rings (SSSR count). The topological polar surface area (TPSA) is 75.3 Å². The van der Waals surface area contributed by atoms with Crippen molar-refractivity contribution in [2.24, 2.45) is 5.92 Å². The van der Waals surface area contributed by atoms with E-state index in [2.05, 4.69) is 22.4 Å². The molecule has 6 nitrogen and oxygen atoms in total. The normalized spacial score (nSPS) is 20.7. The number of aromatic nitrogens is 4. The van der Waals surface area contributed by atoms with Gasteiger partial charge < -0.3 is 10.4 Å². The summed E-state index contributed by atoms with van der Waals surface area (Å²) in [5.41, 5.74) is 1.81. The summed E-state index contributed by atoms with van der Waals surface area (Å²) in [6, 6.07) is 11.6. The maximum atomic E-state index is 9.41. The lowest BCUT2D eigenvalue weighted by Crippen LogP contribution is -2.26. The van der Waals surface area contributed by atoms with E-state index in [1.54, 1.807) is 16.6 Å². The van der Waals surface area contributed by atoms with Crippen molar-refractivity contribution in [3.05, 3.63) is 47.8 Å². The molecule has 0 aliphatic heterocycles. The van der Waals surface area contributed by atoms with Gasteiger partial charge in [-0.2, -0.15) is 4.52 Å². The molecule has 3 aromatic rings. The minimum absolute atomic E-state index is 0.265. The molecule has 0 spiro atoms. The summed E-state index contributed by atoms with van der Waals surface area (Å²) >= 11 is 0. The average molecular weight is 337 g/mol. The van der Waals surface area contributed by atoms with Crippen LogP contribution in [0.4, 0.5) is 5.82 Å². The zero-order valence-corrected chi connectivity index (χ0v) is 14.4. The third-order valence-corrected chi connectivity index (χ3v) is 4.91. The number of rotatable bonds is 4. The molecule has 0 saturated heterocycles. The molecular weight excluding hydrogens is 314 g/mol. The molecule has 25 heavy (non-hydrogen) atoms. The summed E-state index contributed by atoms with van der Waals surface area (Å²) in [4.78, 5) is 0. The number of phenolic OH excluding ortho intramolecular Hbond substituents is 1. The Morgan fingerprint density at radius 3 is 2.76 bits per heavy atom. The van der Waals surface area contributed by atoms with E-state index in [0.29, 0.717) is 12.5 Å². The first-order valence-corrected chi connectivity index (χ1v) is 8.93. The Bertz CT molecular complexity index is 858. The minimum atomic E-state index is 0.265. The molecular formula is C19H23N5O. The number of nitrogens with zero attached hydrogens (tertiary/aromatic N) is 4. The Hall–Kier alpha value is -2.63. The van der Waals surface area contributed by atoms with Gasteiger partial charge in [-0.1, -0.05) is 31.9 Å². The fraction of sp³-hybridized carbons (Fsp3) is 0.421. The number of hydrogen-bond donors (Lipinski definition) is 2. The monoisotopic (exact) mass is 337 g/mol. The first kappa shape index (κ1) is 15.9. The molecule has 1 aliphatic rings. The predicted octanol–water partition coefficient (Wildman–Crippen LogP) is 3.41. The largest absolute Gasteiger partial charge is 0.508 e. The molecule has 2 heterocycles. The zero-order valence-electron chi connectivity index (χ0n) is 14.4. The van der Waals surface area contributed by atoms with E-state index in [1.165, 1.54) is 25.7 Å². The van der Waals surface area contributed by atoms with Crippen LogP contribution < -0.4 is 5.32 Å². The molecule has 0 bridgehead atoms. The number of anilines is 1. The smallest absolute Gasteiger partial charge is 0.178 e. The van der Waals surface area contributed by atoms with Crippen LogP contribution in [-0.2, 0) is 6.42 Å². The average Bonchev–Trinajstić information content (AvgIpc) is 2.99. The molecule has 1 saturated carbocycles. The fourth-order valence-corrected chi connectivity index (χ4v) is 3.59. The number of phenols is 1. The van der Waals surface area contributed by atoms with E-state index < -0.39 is 0 Å². The molecule has 1 aliphatic carbocycles. The van der Waals surface area contributed by atoms with Gasteiger partial charge in [0.25, 0.3) is 0 Å². The van der Waals surface area contributed by atoms with Crippen LogP contribution in [0.2, 0.25) is 0 Å². The Kier molecular flexibility index (Phi) is 4.26. The third-order valence-electron chi connectivity index (χ3n) is 4.91. The van der Waals surface area contributed by atoms with E-state index >= 15 is 0 Å². The second-order valence-corrected chi connectivity index (χ2v) is 7.06. The van der Waals surface area contributed by atoms with Crippen molar-refractivity contribution in [1.29, 1.82) is 0 Å². The van der Waals surface area contributed by atoms with Gasteiger partial charge in [-0.05, 0) is 48.6 Å². The molecule has 6 heteroatoms. The number of hydrogen-bond acceptors (Lipinski definition) is 5.